The average Bonchev–Trinajstić information content (AvgIpc) is 2.96. The molecule has 6 fully saturated rings. The Morgan fingerprint density at radius 2 is 1.91 bits per heavy atom. The molecular weight excluding hydrogens is 346 g/mol. The summed E-state index contributed by atoms with van der Waals surface area (Å²) in [6.45, 7) is 0. The fourth-order valence-corrected chi connectivity index (χ4v) is 8.01. The fourth-order valence-electron chi connectivity index (χ4n) is 7.66. The SMILES string of the molecule is COC(=O)C12C3C4C1C1C2C3C41n1ncc2cc(Br)cnc21. The minimum absolute atomic E-state index is 0.0527. The lowest BCUT2D eigenvalue weighted by atomic mass is 8.94. The number of pyridine rings is 1. The van der Waals surface area contributed by atoms with Gasteiger partial charge in [0.25, 0.3) is 0 Å². The number of carbonyl (C=O) groups excluding carboxylic acids is 1. The van der Waals surface area contributed by atoms with E-state index in [1.807, 2.05) is 12.4 Å². The number of aromatic nitrogens is 3. The summed E-state index contributed by atoms with van der Waals surface area (Å²) in [5.74, 6) is 3.66. The summed E-state index contributed by atoms with van der Waals surface area (Å²) in [5, 5.41) is 5.77. The monoisotopic (exact) mass is 357 g/mol. The summed E-state index contributed by atoms with van der Waals surface area (Å²) in [7, 11) is 1.53. The van der Waals surface area contributed by atoms with Crippen LogP contribution in [0.2, 0.25) is 0 Å². The maximum absolute atomic E-state index is 12.2. The Bertz CT molecular complexity index is 881. The van der Waals surface area contributed by atoms with E-state index in [2.05, 4.69) is 36.8 Å². The van der Waals surface area contributed by atoms with Crippen molar-refractivity contribution in [1.82, 2.24) is 14.8 Å². The number of hydrogen-bond acceptors (Lipinski definition) is 4. The highest BCUT2D eigenvalue weighted by Gasteiger charge is 3.13. The predicted molar refractivity (Wildman–Crippen MR) is 78.6 cm³/mol. The molecule has 0 spiro atoms. The molecule has 6 heteroatoms. The van der Waals surface area contributed by atoms with Crippen molar-refractivity contribution >= 4 is 32.9 Å². The van der Waals surface area contributed by atoms with Crippen LogP contribution in [-0.2, 0) is 15.1 Å². The number of hydrogen-bond donors (Lipinski definition) is 0. The average molecular weight is 358 g/mol. The molecule has 6 aliphatic carbocycles. The molecule has 110 valence electrons. The van der Waals surface area contributed by atoms with Gasteiger partial charge in [0.05, 0.1) is 24.3 Å². The number of ether oxygens (including phenoxy) is 1. The second-order valence-corrected chi connectivity index (χ2v) is 8.51. The largest absolute Gasteiger partial charge is 0.469 e. The number of halogens is 1. The summed E-state index contributed by atoms with van der Waals surface area (Å²) in [5.41, 5.74) is 1.11. The molecule has 6 saturated carbocycles. The van der Waals surface area contributed by atoms with Crippen LogP contribution in [0.25, 0.3) is 11.0 Å². The van der Waals surface area contributed by atoms with E-state index in [0.29, 0.717) is 35.5 Å². The maximum atomic E-state index is 12.2. The van der Waals surface area contributed by atoms with E-state index in [1.54, 1.807) is 0 Å². The summed E-state index contributed by atoms with van der Waals surface area (Å²) >= 11 is 3.47. The molecule has 0 amide bonds. The molecule has 0 N–H and O–H groups in total. The first-order valence-electron chi connectivity index (χ1n) is 7.78. The Morgan fingerprint density at radius 3 is 2.55 bits per heavy atom. The molecule has 8 rings (SSSR count). The Labute approximate surface area is 134 Å². The van der Waals surface area contributed by atoms with E-state index >= 15 is 0 Å². The van der Waals surface area contributed by atoms with Crippen molar-refractivity contribution in [2.24, 2.45) is 40.9 Å². The van der Waals surface area contributed by atoms with Crippen LogP contribution >= 0.6 is 15.9 Å². The number of esters is 1. The smallest absolute Gasteiger partial charge is 0.312 e. The predicted octanol–water partition coefficient (Wildman–Crippen LogP) is 1.81. The Balaban J connectivity index is 1.36. The number of carbonyl (C=O) groups is 1. The van der Waals surface area contributed by atoms with Crippen LogP contribution in [0, 0.1) is 40.9 Å². The normalized spacial score (nSPS) is 53.5. The van der Waals surface area contributed by atoms with Gasteiger partial charge in [0.2, 0.25) is 0 Å². The molecule has 0 unspecified atom stereocenters. The lowest BCUT2D eigenvalue weighted by Gasteiger charge is -3.09. The van der Waals surface area contributed by atoms with Gasteiger partial charge < -0.3 is 4.74 Å². The summed E-state index contributed by atoms with van der Waals surface area (Å²) < 4.78 is 8.27. The first kappa shape index (κ1) is 11.2. The van der Waals surface area contributed by atoms with E-state index < -0.39 is 0 Å². The molecule has 0 aromatic carbocycles. The van der Waals surface area contributed by atoms with Crippen molar-refractivity contribution in [2.75, 3.05) is 7.11 Å². The minimum atomic E-state index is -0.0735. The van der Waals surface area contributed by atoms with Crippen LogP contribution in [-0.4, -0.2) is 27.8 Å². The van der Waals surface area contributed by atoms with Crippen LogP contribution in [0.15, 0.2) is 22.9 Å². The zero-order valence-electron chi connectivity index (χ0n) is 11.7. The molecular formula is C16H12BrN3O2. The summed E-state index contributed by atoms with van der Waals surface area (Å²) in [6.07, 6.45) is 3.77. The van der Waals surface area contributed by atoms with Crippen molar-refractivity contribution in [3.8, 4) is 0 Å². The highest BCUT2D eigenvalue weighted by Crippen LogP contribution is 3.09. The van der Waals surface area contributed by atoms with E-state index in [9.17, 15) is 4.79 Å². The molecule has 6 aliphatic rings. The van der Waals surface area contributed by atoms with Crippen molar-refractivity contribution in [3.63, 3.8) is 0 Å². The van der Waals surface area contributed by atoms with Crippen LogP contribution in [0.1, 0.15) is 0 Å². The Morgan fingerprint density at radius 1 is 1.23 bits per heavy atom. The molecule has 22 heavy (non-hydrogen) atoms. The number of rotatable bonds is 2. The second kappa shape index (κ2) is 2.75. The molecule has 0 saturated heterocycles. The molecule has 2 aromatic rings. The van der Waals surface area contributed by atoms with E-state index in [4.69, 9.17) is 4.74 Å². The van der Waals surface area contributed by atoms with Crippen LogP contribution in [0.3, 0.4) is 0 Å². The minimum Gasteiger partial charge on any atom is -0.469 e. The second-order valence-electron chi connectivity index (χ2n) is 7.59. The molecule has 0 bridgehead atoms. The molecule has 0 atom stereocenters. The van der Waals surface area contributed by atoms with Gasteiger partial charge in [-0.05, 0) is 57.5 Å². The van der Waals surface area contributed by atoms with Crippen LogP contribution in [0.4, 0.5) is 0 Å². The highest BCUT2D eigenvalue weighted by molar-refractivity contribution is 9.10. The van der Waals surface area contributed by atoms with E-state index in [1.165, 1.54) is 7.11 Å². The van der Waals surface area contributed by atoms with Crippen molar-refractivity contribution < 1.29 is 9.53 Å². The first-order valence-corrected chi connectivity index (χ1v) is 8.57. The van der Waals surface area contributed by atoms with Crippen molar-refractivity contribution in [2.45, 2.75) is 5.54 Å². The van der Waals surface area contributed by atoms with Gasteiger partial charge in [-0.15, -0.1) is 0 Å². The zero-order chi connectivity index (χ0) is 14.6. The van der Waals surface area contributed by atoms with Gasteiger partial charge in [0.1, 0.15) is 0 Å². The van der Waals surface area contributed by atoms with Gasteiger partial charge in [-0.3, -0.25) is 4.79 Å². The standard InChI is InChI=1S/C16H12BrN3O2/c1-22-14(21)15-7-10-8(15)12-9(15)11(7)16(10,12)20-13-5(3-19-20)2-6(17)4-18-13/h2-4,7-12H,1H3. The first-order chi connectivity index (χ1) is 10.7. The Hall–Kier alpha value is -1.43. The number of fused-ring (bicyclic) bond motifs is 1. The molecule has 5 nitrogen and oxygen atoms in total. The van der Waals surface area contributed by atoms with Crippen LogP contribution in [0.5, 0.6) is 0 Å². The third-order valence-corrected chi connectivity index (χ3v) is 8.29. The quantitative estimate of drug-likeness (QED) is 0.769. The zero-order valence-corrected chi connectivity index (χ0v) is 13.3. The third-order valence-electron chi connectivity index (χ3n) is 7.86. The lowest BCUT2D eigenvalue weighted by molar-refractivity contribution is -0.631. The van der Waals surface area contributed by atoms with Gasteiger partial charge >= 0.3 is 5.97 Å². The van der Waals surface area contributed by atoms with Gasteiger partial charge in [-0.25, -0.2) is 9.67 Å². The molecule has 0 radical (unpaired) electrons. The number of nitrogens with zero attached hydrogens (tertiary/aromatic N) is 3. The van der Waals surface area contributed by atoms with Gasteiger partial charge in [0, 0.05) is 16.1 Å². The highest BCUT2D eigenvalue weighted by atomic mass is 79.9. The van der Waals surface area contributed by atoms with Crippen molar-refractivity contribution in [3.05, 3.63) is 22.9 Å². The fraction of sp³-hybridized carbons (Fsp3) is 0.562. The maximum Gasteiger partial charge on any atom is 0.312 e. The lowest BCUT2D eigenvalue weighted by Crippen LogP contribution is -3.13. The van der Waals surface area contributed by atoms with E-state index in [0.717, 1.165) is 15.5 Å². The topological polar surface area (TPSA) is 57.0 Å². The molecule has 0 aliphatic heterocycles. The Kier molecular flexibility index (Phi) is 1.39. The summed E-state index contributed by atoms with van der Waals surface area (Å²) in [6, 6.07) is 2.07. The molecule has 2 aromatic heterocycles. The van der Waals surface area contributed by atoms with E-state index in [-0.39, 0.29) is 16.9 Å². The van der Waals surface area contributed by atoms with Gasteiger partial charge in [-0.1, -0.05) is 0 Å². The van der Waals surface area contributed by atoms with Gasteiger partial charge in [0.15, 0.2) is 5.65 Å². The van der Waals surface area contributed by atoms with Crippen LogP contribution < -0.4 is 0 Å². The number of methoxy groups -OCH3 is 1. The third kappa shape index (κ3) is 0.641. The van der Waals surface area contributed by atoms with Gasteiger partial charge in [-0.2, -0.15) is 5.10 Å². The van der Waals surface area contributed by atoms with Crippen molar-refractivity contribution in [1.29, 1.82) is 0 Å². The summed E-state index contributed by atoms with van der Waals surface area (Å²) in [4.78, 5) is 16.8. The molecule has 2 heterocycles.